The topological polar surface area (TPSA) is 32.5 Å². The van der Waals surface area contributed by atoms with Crippen LogP contribution in [0.25, 0.3) is 0 Å². The number of thiocarbonyl (C=S) groups is 1. The van der Waals surface area contributed by atoms with E-state index in [1.165, 1.54) is 38.0 Å². The summed E-state index contributed by atoms with van der Waals surface area (Å²) in [6.45, 7) is 6.93. The van der Waals surface area contributed by atoms with E-state index >= 15 is 0 Å². The molecule has 1 aliphatic heterocycles. The zero-order valence-corrected chi connectivity index (χ0v) is 13.4. The molecule has 21 heavy (non-hydrogen) atoms. The molecule has 0 amide bonds. The second-order valence-corrected chi connectivity index (χ2v) is 7.21. The summed E-state index contributed by atoms with van der Waals surface area (Å²) in [5.41, 5.74) is 7.58. The Kier molecular flexibility index (Phi) is 4.57. The molecule has 114 valence electrons. The number of piperazine rings is 1. The number of rotatable bonds is 6. The lowest BCUT2D eigenvalue weighted by atomic mass is 10.0. The van der Waals surface area contributed by atoms with Gasteiger partial charge in [0, 0.05) is 45.7 Å². The lowest BCUT2D eigenvalue weighted by Gasteiger charge is -2.36. The summed E-state index contributed by atoms with van der Waals surface area (Å²) in [5.74, 6) is 0. The Hall–Kier alpha value is -0.970. The molecule has 3 rings (SSSR count). The fourth-order valence-electron chi connectivity index (χ4n) is 3.36. The molecule has 1 aliphatic carbocycles. The van der Waals surface area contributed by atoms with Gasteiger partial charge in [0.05, 0.1) is 4.99 Å². The standard InChI is InChI=1S/C17H25N3S/c18-16(21)12-17(6-7-17)14-20-10-8-19(9-11-20)13-15-4-2-1-3-5-15/h1-5H,6-14H2,(H2,18,21). The minimum Gasteiger partial charge on any atom is -0.393 e. The highest BCUT2D eigenvalue weighted by atomic mass is 32.1. The van der Waals surface area contributed by atoms with Gasteiger partial charge in [0.15, 0.2) is 0 Å². The molecule has 0 aromatic heterocycles. The van der Waals surface area contributed by atoms with Gasteiger partial charge in [-0.05, 0) is 23.8 Å². The molecular weight excluding hydrogens is 278 g/mol. The van der Waals surface area contributed by atoms with Gasteiger partial charge in [-0.2, -0.15) is 0 Å². The monoisotopic (exact) mass is 303 g/mol. The van der Waals surface area contributed by atoms with Gasteiger partial charge in [-0.15, -0.1) is 0 Å². The summed E-state index contributed by atoms with van der Waals surface area (Å²) in [6, 6.07) is 10.8. The van der Waals surface area contributed by atoms with E-state index in [1.807, 2.05) is 0 Å². The van der Waals surface area contributed by atoms with E-state index in [9.17, 15) is 0 Å². The minimum atomic E-state index is 0.424. The average Bonchev–Trinajstić information content (AvgIpc) is 3.21. The Bertz CT molecular complexity index is 476. The van der Waals surface area contributed by atoms with Crippen LogP contribution in [0.15, 0.2) is 30.3 Å². The van der Waals surface area contributed by atoms with E-state index < -0.39 is 0 Å². The first-order valence-electron chi connectivity index (χ1n) is 7.92. The van der Waals surface area contributed by atoms with Crippen LogP contribution in [0.2, 0.25) is 0 Å². The Morgan fingerprint density at radius 1 is 1.05 bits per heavy atom. The third-order valence-electron chi connectivity index (χ3n) is 4.78. The molecule has 0 spiro atoms. The molecule has 1 aromatic carbocycles. The molecule has 1 heterocycles. The molecule has 0 radical (unpaired) electrons. The zero-order chi connectivity index (χ0) is 14.7. The van der Waals surface area contributed by atoms with Crippen LogP contribution in [0.5, 0.6) is 0 Å². The van der Waals surface area contributed by atoms with Crippen molar-refractivity contribution in [2.45, 2.75) is 25.8 Å². The molecule has 1 saturated carbocycles. The second kappa shape index (κ2) is 6.42. The van der Waals surface area contributed by atoms with E-state index in [4.69, 9.17) is 18.0 Å². The van der Waals surface area contributed by atoms with Crippen molar-refractivity contribution in [3.63, 3.8) is 0 Å². The first-order valence-corrected chi connectivity index (χ1v) is 8.33. The first-order chi connectivity index (χ1) is 10.2. The van der Waals surface area contributed by atoms with Gasteiger partial charge in [0.2, 0.25) is 0 Å². The number of hydrogen-bond donors (Lipinski definition) is 1. The van der Waals surface area contributed by atoms with Crippen molar-refractivity contribution in [3.05, 3.63) is 35.9 Å². The smallest absolute Gasteiger partial charge is 0.0733 e. The summed E-state index contributed by atoms with van der Waals surface area (Å²) in [7, 11) is 0. The largest absolute Gasteiger partial charge is 0.393 e. The van der Waals surface area contributed by atoms with Crippen molar-refractivity contribution < 1.29 is 0 Å². The molecule has 0 unspecified atom stereocenters. The highest BCUT2D eigenvalue weighted by molar-refractivity contribution is 7.80. The van der Waals surface area contributed by atoms with Crippen LogP contribution in [-0.4, -0.2) is 47.5 Å². The maximum absolute atomic E-state index is 5.74. The SMILES string of the molecule is NC(=S)CC1(CN2CCN(Cc3ccccc3)CC2)CC1. The van der Waals surface area contributed by atoms with Crippen molar-refractivity contribution in [2.24, 2.45) is 11.1 Å². The van der Waals surface area contributed by atoms with Gasteiger partial charge in [-0.25, -0.2) is 0 Å². The van der Waals surface area contributed by atoms with Crippen molar-refractivity contribution in [1.29, 1.82) is 0 Å². The van der Waals surface area contributed by atoms with Gasteiger partial charge in [-0.3, -0.25) is 4.90 Å². The maximum Gasteiger partial charge on any atom is 0.0733 e. The molecule has 0 atom stereocenters. The third-order valence-corrected chi connectivity index (χ3v) is 4.92. The molecule has 2 N–H and O–H groups in total. The van der Waals surface area contributed by atoms with E-state index in [0.717, 1.165) is 26.1 Å². The Balaban J connectivity index is 1.44. The highest BCUT2D eigenvalue weighted by Crippen LogP contribution is 2.49. The molecule has 1 saturated heterocycles. The summed E-state index contributed by atoms with van der Waals surface area (Å²) in [5, 5.41) is 0. The molecule has 4 heteroatoms. The molecule has 1 aromatic rings. The van der Waals surface area contributed by atoms with Crippen LogP contribution in [0, 0.1) is 5.41 Å². The van der Waals surface area contributed by atoms with Gasteiger partial charge in [0.1, 0.15) is 0 Å². The van der Waals surface area contributed by atoms with Crippen molar-refractivity contribution >= 4 is 17.2 Å². The van der Waals surface area contributed by atoms with Crippen LogP contribution in [0.3, 0.4) is 0 Å². The quantitative estimate of drug-likeness (QED) is 0.817. The average molecular weight is 303 g/mol. The number of hydrogen-bond acceptors (Lipinski definition) is 3. The van der Waals surface area contributed by atoms with E-state index in [2.05, 4.69) is 40.1 Å². The van der Waals surface area contributed by atoms with Crippen molar-refractivity contribution in [1.82, 2.24) is 9.80 Å². The Labute approximate surface area is 133 Å². The predicted octanol–water partition coefficient (Wildman–Crippen LogP) is 2.26. The highest BCUT2D eigenvalue weighted by Gasteiger charge is 2.44. The Morgan fingerprint density at radius 3 is 2.24 bits per heavy atom. The first kappa shape index (κ1) is 14.9. The second-order valence-electron chi connectivity index (χ2n) is 6.68. The van der Waals surface area contributed by atoms with Crippen LogP contribution < -0.4 is 5.73 Å². The number of nitrogens with zero attached hydrogens (tertiary/aromatic N) is 2. The minimum absolute atomic E-state index is 0.424. The summed E-state index contributed by atoms with van der Waals surface area (Å²) < 4.78 is 0. The van der Waals surface area contributed by atoms with Crippen LogP contribution >= 0.6 is 12.2 Å². The van der Waals surface area contributed by atoms with E-state index in [-0.39, 0.29) is 0 Å². The van der Waals surface area contributed by atoms with Gasteiger partial charge >= 0.3 is 0 Å². The predicted molar refractivity (Wildman–Crippen MR) is 91.2 cm³/mol. The van der Waals surface area contributed by atoms with E-state index in [1.54, 1.807) is 0 Å². The molecular formula is C17H25N3S. The van der Waals surface area contributed by atoms with E-state index in [0.29, 0.717) is 10.4 Å². The third kappa shape index (κ3) is 4.25. The number of nitrogens with two attached hydrogens (primary N) is 1. The zero-order valence-electron chi connectivity index (χ0n) is 12.6. The summed E-state index contributed by atoms with van der Waals surface area (Å²) in [6.07, 6.45) is 3.54. The fourth-order valence-corrected chi connectivity index (χ4v) is 3.66. The summed E-state index contributed by atoms with van der Waals surface area (Å²) in [4.78, 5) is 5.85. The van der Waals surface area contributed by atoms with Crippen LogP contribution in [0.4, 0.5) is 0 Å². The lowest BCUT2D eigenvalue weighted by Crippen LogP contribution is -2.47. The molecule has 0 bridgehead atoms. The van der Waals surface area contributed by atoms with Crippen molar-refractivity contribution in [2.75, 3.05) is 32.7 Å². The molecule has 2 aliphatic rings. The van der Waals surface area contributed by atoms with Gasteiger partial charge in [-0.1, -0.05) is 42.5 Å². The number of benzene rings is 1. The van der Waals surface area contributed by atoms with Gasteiger partial charge in [0.25, 0.3) is 0 Å². The summed E-state index contributed by atoms with van der Waals surface area (Å²) >= 11 is 5.09. The normalized spacial score (nSPS) is 22.1. The molecule has 2 fully saturated rings. The van der Waals surface area contributed by atoms with Crippen LogP contribution in [0.1, 0.15) is 24.8 Å². The lowest BCUT2D eigenvalue weighted by molar-refractivity contribution is 0.110. The van der Waals surface area contributed by atoms with Crippen LogP contribution in [-0.2, 0) is 6.54 Å². The Morgan fingerprint density at radius 2 is 1.67 bits per heavy atom. The maximum atomic E-state index is 5.74. The molecule has 3 nitrogen and oxygen atoms in total. The van der Waals surface area contributed by atoms with Gasteiger partial charge < -0.3 is 10.6 Å². The fraction of sp³-hybridized carbons (Fsp3) is 0.588. The van der Waals surface area contributed by atoms with Crippen molar-refractivity contribution in [3.8, 4) is 0 Å².